The minimum atomic E-state index is -0.775. The molecule has 8 nitrogen and oxygen atoms in total. The van der Waals surface area contributed by atoms with Gasteiger partial charge in [0.05, 0.1) is 12.3 Å². The van der Waals surface area contributed by atoms with Gasteiger partial charge in [-0.3, -0.25) is 0 Å². The number of ether oxygens (including phenoxy) is 1. The van der Waals surface area contributed by atoms with Crippen LogP contribution in [0.15, 0.2) is 42.6 Å². The smallest absolute Gasteiger partial charge is 0.404 e. The normalized spacial score (nSPS) is 10.2. The molecule has 3 amide bonds. The number of benzene rings is 1. The molecule has 1 aromatic heterocycles. The predicted molar refractivity (Wildman–Crippen MR) is 114 cm³/mol. The summed E-state index contributed by atoms with van der Waals surface area (Å²) in [4.78, 5) is 27.0. The average Bonchev–Trinajstić information content (AvgIpc) is 2.70. The minimum Gasteiger partial charge on any atom is -0.449 e. The van der Waals surface area contributed by atoms with Gasteiger partial charge in [-0.1, -0.05) is 38.3 Å². The first-order chi connectivity index (χ1) is 14.1. The number of hydrogen-bond acceptors (Lipinski definition) is 5. The van der Waals surface area contributed by atoms with Gasteiger partial charge in [-0.05, 0) is 36.2 Å². The van der Waals surface area contributed by atoms with Crippen LogP contribution < -0.4 is 21.7 Å². The van der Waals surface area contributed by atoms with Crippen molar-refractivity contribution in [3.63, 3.8) is 0 Å². The van der Waals surface area contributed by atoms with Crippen molar-refractivity contribution in [2.24, 2.45) is 5.73 Å². The van der Waals surface area contributed by atoms with Gasteiger partial charge < -0.3 is 26.4 Å². The van der Waals surface area contributed by atoms with Crippen LogP contribution in [0.1, 0.15) is 38.2 Å². The van der Waals surface area contributed by atoms with E-state index in [1.165, 1.54) is 12.8 Å². The fourth-order valence-electron chi connectivity index (χ4n) is 2.69. The fourth-order valence-corrected chi connectivity index (χ4v) is 2.69. The van der Waals surface area contributed by atoms with Crippen molar-refractivity contribution in [1.29, 1.82) is 0 Å². The zero-order valence-electron chi connectivity index (χ0n) is 16.7. The third-order valence-electron chi connectivity index (χ3n) is 4.22. The van der Waals surface area contributed by atoms with E-state index in [0.29, 0.717) is 24.5 Å². The Morgan fingerprint density at radius 1 is 1.10 bits per heavy atom. The van der Waals surface area contributed by atoms with Gasteiger partial charge in [0.15, 0.2) is 5.82 Å². The lowest BCUT2D eigenvalue weighted by Gasteiger charge is -2.13. The van der Waals surface area contributed by atoms with Gasteiger partial charge in [-0.25, -0.2) is 14.6 Å². The van der Waals surface area contributed by atoms with Gasteiger partial charge >= 0.3 is 12.1 Å². The Bertz CT molecular complexity index is 780. The van der Waals surface area contributed by atoms with E-state index < -0.39 is 6.09 Å². The summed E-state index contributed by atoms with van der Waals surface area (Å²) in [7, 11) is 0. The average molecular weight is 399 g/mol. The van der Waals surface area contributed by atoms with Gasteiger partial charge in [-0.2, -0.15) is 0 Å². The van der Waals surface area contributed by atoms with Gasteiger partial charge in [0.2, 0.25) is 0 Å². The molecule has 2 aromatic rings. The van der Waals surface area contributed by atoms with Crippen LogP contribution in [0.2, 0.25) is 0 Å². The molecule has 2 rings (SSSR count). The summed E-state index contributed by atoms with van der Waals surface area (Å²) in [5, 5.41) is 8.91. The number of carbonyl (C=O) groups excluding carboxylic acids is 2. The minimum absolute atomic E-state index is 0.240. The quantitative estimate of drug-likeness (QED) is 0.423. The number of nitrogens with two attached hydrogens (primary N) is 1. The molecule has 0 spiro atoms. The van der Waals surface area contributed by atoms with E-state index >= 15 is 0 Å². The van der Waals surface area contributed by atoms with Crippen molar-refractivity contribution in [1.82, 2.24) is 10.3 Å². The molecular weight excluding hydrogens is 370 g/mol. The van der Waals surface area contributed by atoms with Crippen LogP contribution in [0.4, 0.5) is 26.8 Å². The Morgan fingerprint density at radius 3 is 2.62 bits per heavy atom. The number of urea groups is 1. The summed E-state index contributed by atoms with van der Waals surface area (Å²) in [6, 6.07) is 10.9. The third-order valence-corrected chi connectivity index (χ3v) is 4.22. The molecule has 0 fully saturated rings. The van der Waals surface area contributed by atoms with Crippen molar-refractivity contribution in [3.05, 3.63) is 48.2 Å². The van der Waals surface area contributed by atoms with E-state index in [-0.39, 0.29) is 12.6 Å². The SMILES string of the molecule is CCCCCCNC(=O)Nc1cccnc1Nc1ccc(CCOC(N)=O)cc1. The maximum atomic E-state index is 12.1. The zero-order valence-corrected chi connectivity index (χ0v) is 16.7. The molecule has 8 heteroatoms. The van der Waals surface area contributed by atoms with Crippen LogP contribution in [0.25, 0.3) is 0 Å². The summed E-state index contributed by atoms with van der Waals surface area (Å²) in [5.41, 5.74) is 7.38. The molecule has 156 valence electrons. The Balaban J connectivity index is 1.88. The first kappa shape index (κ1) is 22.0. The Labute approximate surface area is 171 Å². The number of nitrogens with one attached hydrogen (secondary N) is 3. The van der Waals surface area contributed by atoms with Crippen molar-refractivity contribution in [2.45, 2.75) is 39.0 Å². The summed E-state index contributed by atoms with van der Waals surface area (Å²) < 4.78 is 4.74. The molecule has 0 radical (unpaired) electrons. The molecule has 29 heavy (non-hydrogen) atoms. The van der Waals surface area contributed by atoms with Crippen LogP contribution in [0, 0.1) is 0 Å². The molecule has 0 bridgehead atoms. The van der Waals surface area contributed by atoms with Gasteiger partial charge in [0.25, 0.3) is 0 Å². The molecule has 0 unspecified atom stereocenters. The first-order valence-corrected chi connectivity index (χ1v) is 9.86. The van der Waals surface area contributed by atoms with Crippen LogP contribution in [0.5, 0.6) is 0 Å². The monoisotopic (exact) mass is 399 g/mol. The highest BCUT2D eigenvalue weighted by molar-refractivity contribution is 5.92. The lowest BCUT2D eigenvalue weighted by atomic mass is 10.1. The first-order valence-electron chi connectivity index (χ1n) is 9.86. The zero-order chi connectivity index (χ0) is 20.9. The highest BCUT2D eigenvalue weighted by atomic mass is 16.5. The number of carbonyl (C=O) groups is 2. The number of aromatic nitrogens is 1. The predicted octanol–water partition coefficient (Wildman–Crippen LogP) is 4.16. The van der Waals surface area contributed by atoms with E-state index in [9.17, 15) is 9.59 Å². The topological polar surface area (TPSA) is 118 Å². The second-order valence-electron chi connectivity index (χ2n) is 6.58. The standard InChI is InChI=1S/C21H29N5O3/c1-2-3-4-5-13-24-21(28)26-18-7-6-14-23-19(18)25-17-10-8-16(9-11-17)12-15-29-20(22)27/h6-11,14H,2-5,12-13,15H2,1H3,(H2,22,27)(H,23,25)(H2,24,26,28). The van der Waals surface area contributed by atoms with E-state index in [0.717, 1.165) is 24.1 Å². The molecule has 0 saturated carbocycles. The van der Waals surface area contributed by atoms with Crippen LogP contribution in [0.3, 0.4) is 0 Å². The Kier molecular flexibility index (Phi) is 9.28. The molecule has 0 saturated heterocycles. The highest BCUT2D eigenvalue weighted by Crippen LogP contribution is 2.23. The molecule has 5 N–H and O–H groups in total. The second kappa shape index (κ2) is 12.2. The van der Waals surface area contributed by atoms with E-state index in [1.54, 1.807) is 18.3 Å². The van der Waals surface area contributed by atoms with Gasteiger partial charge in [0.1, 0.15) is 0 Å². The lowest BCUT2D eigenvalue weighted by Crippen LogP contribution is -2.29. The number of rotatable bonds is 11. The van der Waals surface area contributed by atoms with E-state index in [2.05, 4.69) is 27.9 Å². The molecule has 1 heterocycles. The fraction of sp³-hybridized carbons (Fsp3) is 0.381. The number of hydrogen-bond donors (Lipinski definition) is 4. The number of unbranched alkanes of at least 4 members (excludes halogenated alkanes) is 3. The van der Waals surface area contributed by atoms with E-state index in [4.69, 9.17) is 10.5 Å². The molecule has 0 aliphatic rings. The molecule has 0 atom stereocenters. The van der Waals surface area contributed by atoms with Crippen molar-refractivity contribution >= 4 is 29.3 Å². The van der Waals surface area contributed by atoms with Gasteiger partial charge in [0, 0.05) is 24.8 Å². The maximum Gasteiger partial charge on any atom is 0.404 e. The summed E-state index contributed by atoms with van der Waals surface area (Å²) >= 11 is 0. The maximum absolute atomic E-state index is 12.1. The van der Waals surface area contributed by atoms with Crippen molar-refractivity contribution in [3.8, 4) is 0 Å². The van der Waals surface area contributed by atoms with Crippen LogP contribution in [-0.4, -0.2) is 30.3 Å². The van der Waals surface area contributed by atoms with Crippen molar-refractivity contribution in [2.75, 3.05) is 23.8 Å². The molecule has 1 aromatic carbocycles. The Hall–Kier alpha value is -3.29. The van der Waals surface area contributed by atoms with Crippen LogP contribution in [-0.2, 0) is 11.2 Å². The Morgan fingerprint density at radius 2 is 1.90 bits per heavy atom. The number of nitrogens with zero attached hydrogens (tertiary/aromatic N) is 1. The summed E-state index contributed by atoms with van der Waals surface area (Å²) in [5.74, 6) is 0.554. The largest absolute Gasteiger partial charge is 0.449 e. The molecular formula is C21H29N5O3. The highest BCUT2D eigenvalue weighted by Gasteiger charge is 2.08. The molecule has 0 aliphatic heterocycles. The molecule has 0 aliphatic carbocycles. The third kappa shape index (κ3) is 8.50. The number of amides is 3. The lowest BCUT2D eigenvalue weighted by molar-refractivity contribution is 0.158. The van der Waals surface area contributed by atoms with Gasteiger partial charge in [-0.15, -0.1) is 0 Å². The summed E-state index contributed by atoms with van der Waals surface area (Å²) in [6.07, 6.45) is 5.89. The second-order valence-corrected chi connectivity index (χ2v) is 6.58. The van der Waals surface area contributed by atoms with Crippen molar-refractivity contribution < 1.29 is 14.3 Å². The number of anilines is 3. The number of primary amides is 1. The van der Waals surface area contributed by atoms with E-state index in [1.807, 2.05) is 24.3 Å². The summed E-state index contributed by atoms with van der Waals surface area (Å²) in [6.45, 7) is 3.04. The van der Waals surface area contributed by atoms with Crippen LogP contribution >= 0.6 is 0 Å². The number of pyridine rings is 1.